The van der Waals surface area contributed by atoms with Gasteiger partial charge >= 0.3 is 0 Å². The zero-order valence-electron chi connectivity index (χ0n) is 10.2. The fraction of sp³-hybridized carbons (Fsp3) is 0.429. The summed E-state index contributed by atoms with van der Waals surface area (Å²) >= 11 is 0. The van der Waals surface area contributed by atoms with Gasteiger partial charge < -0.3 is 4.74 Å². The van der Waals surface area contributed by atoms with Crippen molar-refractivity contribution in [1.29, 1.82) is 0 Å². The predicted molar refractivity (Wildman–Crippen MR) is 64.5 cm³/mol. The van der Waals surface area contributed by atoms with Crippen LogP contribution in [0.25, 0.3) is 0 Å². The molecule has 0 aliphatic rings. The van der Waals surface area contributed by atoms with Crippen molar-refractivity contribution < 1.29 is 4.74 Å². The minimum atomic E-state index is 0.690. The molecule has 0 heterocycles. The molecule has 0 unspecified atom stereocenters. The van der Waals surface area contributed by atoms with Crippen LogP contribution < -0.4 is 4.74 Å². The van der Waals surface area contributed by atoms with E-state index < -0.39 is 0 Å². The van der Waals surface area contributed by atoms with Crippen LogP contribution in [-0.2, 0) is 0 Å². The molecule has 0 atom stereocenters. The Hall–Kier alpha value is -1.42. The predicted octanol–water partition coefficient (Wildman–Crippen LogP) is 3.30. The second-order valence-electron chi connectivity index (χ2n) is 3.78. The van der Waals surface area contributed by atoms with Gasteiger partial charge in [-0.15, -0.1) is 6.42 Å². The number of ether oxygens (including phenoxy) is 1. The molecule has 80 valence electrons. The lowest BCUT2D eigenvalue weighted by Crippen LogP contribution is -2.03. The summed E-state index contributed by atoms with van der Waals surface area (Å²) < 4.78 is 5.66. The van der Waals surface area contributed by atoms with Gasteiger partial charge in [0.05, 0.1) is 6.61 Å². The molecule has 0 amide bonds. The Bertz CT molecular complexity index is 393. The average molecular weight is 202 g/mol. The maximum Gasteiger partial charge on any atom is 0.125 e. The molecule has 1 nitrogen and oxygen atoms in total. The fourth-order valence-electron chi connectivity index (χ4n) is 1.86. The molecule has 0 saturated carbocycles. The van der Waals surface area contributed by atoms with E-state index in [2.05, 4.69) is 33.6 Å². The fourth-order valence-corrected chi connectivity index (χ4v) is 1.86. The van der Waals surface area contributed by atoms with Crippen LogP contribution in [0.15, 0.2) is 0 Å². The van der Waals surface area contributed by atoms with E-state index in [0.717, 1.165) is 33.6 Å². The van der Waals surface area contributed by atoms with E-state index in [0.29, 0.717) is 6.61 Å². The summed E-state index contributed by atoms with van der Waals surface area (Å²) in [6.45, 7) is 10.9. The van der Waals surface area contributed by atoms with Gasteiger partial charge in [-0.1, -0.05) is 5.92 Å². The summed E-state index contributed by atoms with van der Waals surface area (Å²) in [5, 5.41) is 0. The highest BCUT2D eigenvalue weighted by Crippen LogP contribution is 2.32. The van der Waals surface area contributed by atoms with Crippen molar-refractivity contribution in [2.45, 2.75) is 34.6 Å². The van der Waals surface area contributed by atoms with E-state index >= 15 is 0 Å². The van der Waals surface area contributed by atoms with E-state index in [-0.39, 0.29) is 0 Å². The van der Waals surface area contributed by atoms with Gasteiger partial charge in [-0.25, -0.2) is 0 Å². The molecule has 1 aromatic carbocycles. The maximum atomic E-state index is 5.66. The SMILES string of the molecule is C#Cc1c(C)c(C)c(OCC)c(C)c1C. The molecule has 1 rings (SSSR count). The standard InChI is InChI=1S/C14H18O/c1-7-13-9(3)11(5)14(15-8-2)12(6)10(13)4/h1H,8H2,2-6H3. The highest BCUT2D eigenvalue weighted by molar-refractivity contribution is 5.58. The molecule has 0 bridgehead atoms. The third kappa shape index (κ3) is 1.85. The van der Waals surface area contributed by atoms with E-state index in [1.807, 2.05) is 6.92 Å². The third-order valence-corrected chi connectivity index (χ3v) is 2.99. The molecule has 0 spiro atoms. The van der Waals surface area contributed by atoms with Crippen molar-refractivity contribution in [2.75, 3.05) is 6.61 Å². The van der Waals surface area contributed by atoms with Gasteiger partial charge in [0.25, 0.3) is 0 Å². The van der Waals surface area contributed by atoms with Crippen molar-refractivity contribution in [3.8, 4) is 18.1 Å². The second kappa shape index (κ2) is 4.40. The molecular weight excluding hydrogens is 184 g/mol. The quantitative estimate of drug-likeness (QED) is 0.669. The molecule has 0 N–H and O–H groups in total. The van der Waals surface area contributed by atoms with Gasteiger partial charge in [0, 0.05) is 5.56 Å². The summed E-state index contributed by atoms with van der Waals surface area (Å²) in [6.07, 6.45) is 5.52. The molecule has 0 aliphatic carbocycles. The Morgan fingerprint density at radius 3 is 1.80 bits per heavy atom. The van der Waals surface area contributed by atoms with Gasteiger partial charge in [0.15, 0.2) is 0 Å². The van der Waals surface area contributed by atoms with Crippen molar-refractivity contribution >= 4 is 0 Å². The Kier molecular flexibility index (Phi) is 3.42. The lowest BCUT2D eigenvalue weighted by Gasteiger charge is -2.17. The molecule has 0 radical (unpaired) electrons. The van der Waals surface area contributed by atoms with Crippen molar-refractivity contribution in [3.05, 3.63) is 27.8 Å². The van der Waals surface area contributed by atoms with Gasteiger partial charge in [-0.3, -0.25) is 0 Å². The number of rotatable bonds is 2. The highest BCUT2D eigenvalue weighted by atomic mass is 16.5. The van der Waals surface area contributed by atoms with Crippen LogP contribution in [0.3, 0.4) is 0 Å². The van der Waals surface area contributed by atoms with Crippen LogP contribution in [0.2, 0.25) is 0 Å². The molecule has 1 heteroatoms. The van der Waals surface area contributed by atoms with Gasteiger partial charge in [0.2, 0.25) is 0 Å². The van der Waals surface area contributed by atoms with Crippen LogP contribution >= 0.6 is 0 Å². The van der Waals surface area contributed by atoms with E-state index in [1.54, 1.807) is 0 Å². The summed E-state index contributed by atoms with van der Waals surface area (Å²) in [4.78, 5) is 0. The van der Waals surface area contributed by atoms with Crippen LogP contribution in [0.5, 0.6) is 5.75 Å². The minimum Gasteiger partial charge on any atom is -0.493 e. The van der Waals surface area contributed by atoms with E-state index in [4.69, 9.17) is 11.2 Å². The van der Waals surface area contributed by atoms with Crippen LogP contribution in [0.4, 0.5) is 0 Å². The molecule has 0 aromatic heterocycles. The molecule has 15 heavy (non-hydrogen) atoms. The molecule has 0 saturated heterocycles. The smallest absolute Gasteiger partial charge is 0.125 e. The summed E-state index contributed by atoms with van der Waals surface area (Å²) in [6, 6.07) is 0. The summed E-state index contributed by atoms with van der Waals surface area (Å²) in [7, 11) is 0. The normalized spacial score (nSPS) is 9.87. The first-order chi connectivity index (χ1) is 7.04. The number of hydrogen-bond donors (Lipinski definition) is 0. The van der Waals surface area contributed by atoms with Crippen molar-refractivity contribution in [3.63, 3.8) is 0 Å². The molecule has 0 fully saturated rings. The van der Waals surface area contributed by atoms with E-state index in [9.17, 15) is 0 Å². The van der Waals surface area contributed by atoms with Crippen molar-refractivity contribution in [2.24, 2.45) is 0 Å². The first-order valence-corrected chi connectivity index (χ1v) is 5.24. The lowest BCUT2D eigenvalue weighted by molar-refractivity contribution is 0.335. The number of terminal acetylenes is 1. The van der Waals surface area contributed by atoms with E-state index in [1.165, 1.54) is 0 Å². The monoisotopic (exact) mass is 202 g/mol. The Labute approximate surface area is 92.5 Å². The van der Waals surface area contributed by atoms with Crippen LogP contribution in [-0.4, -0.2) is 6.61 Å². The number of hydrogen-bond acceptors (Lipinski definition) is 1. The van der Waals surface area contributed by atoms with Crippen molar-refractivity contribution in [1.82, 2.24) is 0 Å². The zero-order valence-corrected chi connectivity index (χ0v) is 10.2. The minimum absolute atomic E-state index is 0.690. The van der Waals surface area contributed by atoms with Gasteiger partial charge in [-0.05, 0) is 56.9 Å². The topological polar surface area (TPSA) is 9.23 Å². The molecular formula is C14H18O. The second-order valence-corrected chi connectivity index (χ2v) is 3.78. The maximum absolute atomic E-state index is 5.66. The first kappa shape index (κ1) is 11.7. The summed E-state index contributed by atoms with van der Waals surface area (Å²) in [5.74, 6) is 3.75. The van der Waals surface area contributed by atoms with Gasteiger partial charge in [-0.2, -0.15) is 0 Å². The molecule has 1 aromatic rings. The lowest BCUT2D eigenvalue weighted by atomic mass is 9.93. The molecule has 0 aliphatic heterocycles. The zero-order chi connectivity index (χ0) is 11.6. The Balaban J connectivity index is 3.53. The Morgan fingerprint density at radius 2 is 1.47 bits per heavy atom. The first-order valence-electron chi connectivity index (χ1n) is 5.24. The number of benzene rings is 1. The Morgan fingerprint density at radius 1 is 1.00 bits per heavy atom. The third-order valence-electron chi connectivity index (χ3n) is 2.99. The largest absolute Gasteiger partial charge is 0.493 e. The van der Waals surface area contributed by atoms with Crippen LogP contribution in [0, 0.1) is 40.0 Å². The summed E-state index contributed by atoms with van der Waals surface area (Å²) in [5.41, 5.74) is 5.64. The van der Waals surface area contributed by atoms with Crippen LogP contribution in [0.1, 0.15) is 34.7 Å². The average Bonchev–Trinajstić information content (AvgIpc) is 2.23. The van der Waals surface area contributed by atoms with Gasteiger partial charge in [0.1, 0.15) is 5.75 Å². The highest BCUT2D eigenvalue weighted by Gasteiger charge is 2.13.